The van der Waals surface area contributed by atoms with Gasteiger partial charge in [0.15, 0.2) is 0 Å². The van der Waals surface area contributed by atoms with E-state index >= 15 is 0 Å². The Morgan fingerprint density at radius 1 is 1.03 bits per heavy atom. The monoisotopic (exact) mass is 490 g/mol. The summed E-state index contributed by atoms with van der Waals surface area (Å²) in [6, 6.07) is 9.16. The molecule has 0 aliphatic heterocycles. The summed E-state index contributed by atoms with van der Waals surface area (Å²) < 4.78 is 18.3. The number of hydrogen-bond donors (Lipinski definition) is 0. The van der Waals surface area contributed by atoms with Crippen molar-refractivity contribution in [3.8, 4) is 5.75 Å². The summed E-state index contributed by atoms with van der Waals surface area (Å²) >= 11 is 0. The van der Waals surface area contributed by atoms with Crippen LogP contribution in [0.5, 0.6) is 5.75 Å². The van der Waals surface area contributed by atoms with Crippen LogP contribution in [0.15, 0.2) is 30.3 Å². The Balaban J connectivity index is 2.38. The highest BCUT2D eigenvalue weighted by molar-refractivity contribution is 6.77. The molecule has 0 radical (unpaired) electrons. The second-order valence-corrected chi connectivity index (χ2v) is 16.5. The van der Waals surface area contributed by atoms with Crippen molar-refractivity contribution in [2.75, 3.05) is 6.61 Å². The summed E-state index contributed by atoms with van der Waals surface area (Å²) in [4.78, 5) is 26.1. The molecule has 1 aromatic rings. The molecule has 34 heavy (non-hydrogen) atoms. The lowest BCUT2D eigenvalue weighted by atomic mass is 9.61. The molecule has 0 N–H and O–H groups in total. The number of esters is 2. The molecular formula is C28H46O5Si. The Morgan fingerprint density at radius 3 is 2.09 bits per heavy atom. The standard InChI is InChI=1S/C28H46O5Si/c1-10-31-26(29)18-24-22(8)25(33-34(19(2)3,20(4)5)21(6)7)16-17-28(24,9)27(30)32-23-14-12-11-13-15-23/h11-15,19-22,24-25H,10,16-18H2,1-9H3/t22-,24-,25-,28-/m0/s1. The van der Waals surface area contributed by atoms with Crippen molar-refractivity contribution in [3.63, 3.8) is 0 Å². The fourth-order valence-corrected chi connectivity index (χ4v) is 12.0. The van der Waals surface area contributed by atoms with Crippen molar-refractivity contribution in [2.45, 2.75) is 104 Å². The first-order valence-corrected chi connectivity index (χ1v) is 15.1. The second-order valence-electron chi connectivity index (χ2n) is 11.1. The molecule has 0 spiro atoms. The van der Waals surface area contributed by atoms with E-state index in [1.54, 1.807) is 12.1 Å². The van der Waals surface area contributed by atoms with Crippen LogP contribution in [0.4, 0.5) is 0 Å². The van der Waals surface area contributed by atoms with Crippen LogP contribution in [0.25, 0.3) is 0 Å². The third kappa shape index (κ3) is 5.93. The lowest BCUT2D eigenvalue weighted by Gasteiger charge is -2.51. The van der Waals surface area contributed by atoms with Gasteiger partial charge in [-0.05, 0) is 67.3 Å². The fraction of sp³-hybridized carbons (Fsp3) is 0.714. The maximum atomic E-state index is 13.5. The average molecular weight is 491 g/mol. The quantitative estimate of drug-likeness (QED) is 0.198. The van der Waals surface area contributed by atoms with Crippen LogP contribution in [0.3, 0.4) is 0 Å². The van der Waals surface area contributed by atoms with Crippen LogP contribution in [0.2, 0.25) is 16.6 Å². The summed E-state index contributed by atoms with van der Waals surface area (Å²) in [5.74, 6) is -0.216. The Labute approximate surface area is 208 Å². The molecule has 1 saturated carbocycles. The largest absolute Gasteiger partial charge is 0.466 e. The molecule has 0 bridgehead atoms. The molecule has 0 heterocycles. The van der Waals surface area contributed by atoms with Gasteiger partial charge in [0.05, 0.1) is 12.0 Å². The molecule has 6 heteroatoms. The van der Waals surface area contributed by atoms with Gasteiger partial charge >= 0.3 is 11.9 Å². The first-order chi connectivity index (χ1) is 15.9. The summed E-state index contributed by atoms with van der Waals surface area (Å²) in [7, 11) is -2.11. The van der Waals surface area contributed by atoms with Gasteiger partial charge in [0, 0.05) is 12.5 Å². The zero-order valence-corrected chi connectivity index (χ0v) is 23.7. The molecule has 0 unspecified atom stereocenters. The van der Waals surface area contributed by atoms with E-state index in [2.05, 4.69) is 48.5 Å². The first kappa shape index (κ1) is 28.6. The second kappa shape index (κ2) is 11.8. The first-order valence-electron chi connectivity index (χ1n) is 13.0. The van der Waals surface area contributed by atoms with Gasteiger partial charge in [0.1, 0.15) is 5.75 Å². The predicted octanol–water partition coefficient (Wildman–Crippen LogP) is 7.16. The van der Waals surface area contributed by atoms with Gasteiger partial charge in [-0.3, -0.25) is 9.59 Å². The van der Waals surface area contributed by atoms with Crippen LogP contribution in [-0.2, 0) is 18.8 Å². The number of para-hydroxylation sites is 1. The van der Waals surface area contributed by atoms with Crippen molar-refractivity contribution >= 4 is 20.3 Å². The van der Waals surface area contributed by atoms with Crippen LogP contribution in [0, 0.1) is 17.3 Å². The van der Waals surface area contributed by atoms with Crippen LogP contribution >= 0.6 is 0 Å². The minimum atomic E-state index is -2.11. The Bertz CT molecular complexity index is 784. The summed E-state index contributed by atoms with van der Waals surface area (Å²) in [5, 5.41) is 0. The Hall–Kier alpha value is -1.66. The number of carbonyl (C=O) groups is 2. The molecule has 1 aliphatic rings. The van der Waals surface area contributed by atoms with E-state index in [0.717, 1.165) is 6.42 Å². The van der Waals surface area contributed by atoms with E-state index in [1.807, 2.05) is 32.0 Å². The fourth-order valence-electron chi connectivity index (χ4n) is 6.34. The number of ether oxygens (including phenoxy) is 2. The highest BCUT2D eigenvalue weighted by Gasteiger charge is 2.54. The minimum Gasteiger partial charge on any atom is -0.466 e. The zero-order chi connectivity index (χ0) is 25.7. The van der Waals surface area contributed by atoms with Gasteiger partial charge in [-0.2, -0.15) is 0 Å². The summed E-state index contributed by atoms with van der Waals surface area (Å²) in [5.41, 5.74) is 0.623. The van der Waals surface area contributed by atoms with Gasteiger partial charge in [0.2, 0.25) is 8.32 Å². The molecule has 192 valence electrons. The van der Waals surface area contributed by atoms with Gasteiger partial charge < -0.3 is 13.9 Å². The maximum Gasteiger partial charge on any atom is 0.317 e. The lowest BCUT2D eigenvalue weighted by molar-refractivity contribution is -0.160. The summed E-state index contributed by atoms with van der Waals surface area (Å²) in [6.45, 7) is 20.0. The van der Waals surface area contributed by atoms with E-state index in [0.29, 0.717) is 35.4 Å². The van der Waals surface area contributed by atoms with E-state index in [9.17, 15) is 9.59 Å². The highest BCUT2D eigenvalue weighted by atomic mass is 28.4. The molecular weight excluding hydrogens is 444 g/mol. The topological polar surface area (TPSA) is 61.8 Å². The van der Waals surface area contributed by atoms with Crippen molar-refractivity contribution in [1.82, 2.24) is 0 Å². The SMILES string of the molecule is CCOC(=O)C[C@H]1[C@H](C)[C@@H](O[Si](C(C)C)(C(C)C)C(C)C)CC[C@]1(C)C(=O)Oc1ccccc1. The maximum absolute atomic E-state index is 13.5. The van der Waals surface area contributed by atoms with Crippen molar-refractivity contribution in [1.29, 1.82) is 0 Å². The van der Waals surface area contributed by atoms with Crippen molar-refractivity contribution < 1.29 is 23.5 Å². The zero-order valence-electron chi connectivity index (χ0n) is 22.7. The van der Waals surface area contributed by atoms with E-state index in [1.165, 1.54) is 0 Å². The Morgan fingerprint density at radius 2 is 1.59 bits per heavy atom. The third-order valence-electron chi connectivity index (χ3n) is 8.16. The number of carbonyl (C=O) groups excluding carboxylic acids is 2. The smallest absolute Gasteiger partial charge is 0.317 e. The lowest BCUT2D eigenvalue weighted by Crippen LogP contribution is -2.56. The molecule has 0 aromatic heterocycles. The molecule has 2 rings (SSSR count). The molecule has 0 saturated heterocycles. The van der Waals surface area contributed by atoms with Crippen molar-refractivity contribution in [2.24, 2.45) is 17.3 Å². The van der Waals surface area contributed by atoms with Crippen LogP contribution in [-0.4, -0.2) is 33.0 Å². The molecule has 1 aromatic carbocycles. The number of rotatable bonds is 10. The average Bonchev–Trinajstić information content (AvgIpc) is 2.76. The van der Waals surface area contributed by atoms with E-state index < -0.39 is 13.7 Å². The van der Waals surface area contributed by atoms with Gasteiger partial charge in [-0.15, -0.1) is 0 Å². The van der Waals surface area contributed by atoms with E-state index in [4.69, 9.17) is 13.9 Å². The van der Waals surface area contributed by atoms with E-state index in [-0.39, 0.29) is 36.3 Å². The van der Waals surface area contributed by atoms with Crippen molar-refractivity contribution in [3.05, 3.63) is 30.3 Å². The Kier molecular flexibility index (Phi) is 9.96. The molecule has 0 amide bonds. The minimum absolute atomic E-state index is 0.0101. The highest BCUT2D eigenvalue weighted by Crippen LogP contribution is 2.51. The molecule has 5 nitrogen and oxygen atoms in total. The molecule has 1 aliphatic carbocycles. The molecule has 1 fully saturated rings. The van der Waals surface area contributed by atoms with Gasteiger partial charge in [-0.25, -0.2) is 0 Å². The number of benzene rings is 1. The normalized spacial score (nSPS) is 25.6. The summed E-state index contributed by atoms with van der Waals surface area (Å²) in [6.07, 6.45) is 1.60. The third-order valence-corrected chi connectivity index (χ3v) is 14.3. The van der Waals surface area contributed by atoms with Crippen LogP contribution < -0.4 is 4.74 Å². The van der Waals surface area contributed by atoms with Crippen LogP contribution in [0.1, 0.15) is 81.6 Å². The predicted molar refractivity (Wildman–Crippen MR) is 139 cm³/mol. The molecule has 4 atom stereocenters. The van der Waals surface area contributed by atoms with Gasteiger partial charge in [0.25, 0.3) is 0 Å². The number of hydrogen-bond acceptors (Lipinski definition) is 5. The van der Waals surface area contributed by atoms with Gasteiger partial charge in [-0.1, -0.05) is 66.7 Å².